The molecule has 0 bridgehead atoms. The van der Waals surface area contributed by atoms with Crippen LogP contribution in [0.5, 0.6) is 0 Å². The summed E-state index contributed by atoms with van der Waals surface area (Å²) < 4.78 is 38.5. The van der Waals surface area contributed by atoms with Gasteiger partial charge >= 0.3 is 12.1 Å². The van der Waals surface area contributed by atoms with Crippen LogP contribution in [0.3, 0.4) is 0 Å². The number of fused-ring (bicyclic) bond motifs is 1. The number of nitrogens with zero attached hydrogens (tertiary/aromatic N) is 2. The predicted octanol–water partition coefficient (Wildman–Crippen LogP) is 6.11. The molecule has 0 aromatic heterocycles. The van der Waals surface area contributed by atoms with Gasteiger partial charge in [0.15, 0.2) is 0 Å². The normalized spacial score (nSPS) is 15.9. The van der Waals surface area contributed by atoms with Crippen LogP contribution in [0.2, 0.25) is 0 Å². The van der Waals surface area contributed by atoms with Crippen molar-refractivity contribution < 1.29 is 22.8 Å². The van der Waals surface area contributed by atoms with Gasteiger partial charge in [-0.2, -0.15) is 13.2 Å². The first-order valence-electron chi connectivity index (χ1n) is 10.3. The Morgan fingerprint density at radius 3 is 2.22 bits per heavy atom. The Labute approximate surface area is 182 Å². The maximum absolute atomic E-state index is 12.8. The molecular weight excluding hydrogens is 417 g/mol. The third-order valence-corrected chi connectivity index (χ3v) is 5.83. The van der Waals surface area contributed by atoms with Crippen LogP contribution in [0.15, 0.2) is 71.9 Å². The summed E-state index contributed by atoms with van der Waals surface area (Å²) in [5.41, 5.74) is 5.79. The summed E-state index contributed by atoms with van der Waals surface area (Å²) in [6, 6.07) is 19.2. The molecular formula is C25H19F3N2O2. The first-order chi connectivity index (χ1) is 15.4. The molecule has 4 nitrogen and oxygen atoms in total. The van der Waals surface area contributed by atoms with Crippen molar-refractivity contribution in [3.63, 3.8) is 0 Å². The number of alkyl halides is 3. The number of carbonyl (C=O) groups excluding carboxylic acids is 1. The summed E-state index contributed by atoms with van der Waals surface area (Å²) in [6.07, 6.45) is -2.27. The van der Waals surface area contributed by atoms with Crippen molar-refractivity contribution in [1.29, 1.82) is 0 Å². The van der Waals surface area contributed by atoms with E-state index in [-0.39, 0.29) is 12.4 Å². The lowest BCUT2D eigenvalue weighted by atomic mass is 9.95. The van der Waals surface area contributed by atoms with E-state index in [0.717, 1.165) is 65.1 Å². The van der Waals surface area contributed by atoms with Crippen molar-refractivity contribution in [2.45, 2.75) is 25.4 Å². The van der Waals surface area contributed by atoms with E-state index in [2.05, 4.69) is 21.0 Å². The molecule has 3 aromatic rings. The Morgan fingerprint density at radius 1 is 0.875 bits per heavy atom. The van der Waals surface area contributed by atoms with Crippen molar-refractivity contribution in [2.75, 3.05) is 11.4 Å². The molecule has 0 unspecified atom stereocenters. The molecule has 0 N–H and O–H groups in total. The van der Waals surface area contributed by atoms with Crippen LogP contribution in [0.4, 0.5) is 24.5 Å². The van der Waals surface area contributed by atoms with Gasteiger partial charge < -0.3 is 9.74 Å². The van der Waals surface area contributed by atoms with Crippen LogP contribution in [0.25, 0.3) is 11.1 Å². The second-order valence-corrected chi connectivity index (χ2v) is 7.90. The average molecular weight is 436 g/mol. The largest absolute Gasteiger partial charge is 0.416 e. The molecule has 7 heteroatoms. The van der Waals surface area contributed by atoms with Crippen molar-refractivity contribution in [3.05, 3.63) is 83.4 Å². The third kappa shape index (κ3) is 3.86. The quantitative estimate of drug-likeness (QED) is 0.466. The number of carbonyl (C=O) groups is 1. The lowest BCUT2D eigenvalue weighted by Crippen LogP contribution is -2.24. The van der Waals surface area contributed by atoms with E-state index in [1.807, 2.05) is 36.4 Å². The lowest BCUT2D eigenvalue weighted by Gasteiger charge is -2.32. The van der Waals surface area contributed by atoms with Crippen molar-refractivity contribution in [2.24, 2.45) is 5.16 Å². The lowest BCUT2D eigenvalue weighted by molar-refractivity contribution is -0.140. The van der Waals surface area contributed by atoms with E-state index < -0.39 is 11.7 Å². The fraction of sp³-hybridized carbons (Fsp3) is 0.200. The highest BCUT2D eigenvalue weighted by atomic mass is 19.4. The maximum atomic E-state index is 12.8. The van der Waals surface area contributed by atoms with Crippen LogP contribution in [-0.2, 0) is 22.2 Å². The zero-order valence-electron chi connectivity index (χ0n) is 17.0. The summed E-state index contributed by atoms with van der Waals surface area (Å²) in [5, 5.41) is 3.81. The highest BCUT2D eigenvalue weighted by molar-refractivity contribution is 6.11. The van der Waals surface area contributed by atoms with Crippen LogP contribution in [0.1, 0.15) is 29.5 Å². The second kappa shape index (κ2) is 7.82. The minimum Gasteiger partial charge on any atom is -0.341 e. The van der Waals surface area contributed by atoms with Gasteiger partial charge in [-0.15, -0.1) is 0 Å². The summed E-state index contributed by atoms with van der Waals surface area (Å²) in [6.45, 7) is 0.870. The number of oxime groups is 1. The van der Waals surface area contributed by atoms with Gasteiger partial charge in [-0.25, -0.2) is 4.79 Å². The molecule has 0 saturated heterocycles. The number of anilines is 2. The van der Waals surface area contributed by atoms with E-state index >= 15 is 0 Å². The van der Waals surface area contributed by atoms with Gasteiger partial charge in [0.25, 0.3) is 0 Å². The number of hydrogen-bond acceptors (Lipinski definition) is 4. The van der Waals surface area contributed by atoms with Crippen molar-refractivity contribution in [3.8, 4) is 11.1 Å². The zero-order chi connectivity index (χ0) is 22.3. The fourth-order valence-corrected chi connectivity index (χ4v) is 4.19. The number of aryl methyl sites for hydroxylation is 1. The molecule has 0 amide bonds. The van der Waals surface area contributed by atoms with Crippen LogP contribution >= 0.6 is 0 Å². The van der Waals surface area contributed by atoms with Gasteiger partial charge in [0.2, 0.25) is 0 Å². The molecule has 0 spiro atoms. The van der Waals surface area contributed by atoms with E-state index in [1.165, 1.54) is 12.1 Å². The molecule has 2 aliphatic heterocycles. The van der Waals surface area contributed by atoms with Crippen molar-refractivity contribution >= 4 is 23.1 Å². The van der Waals surface area contributed by atoms with Gasteiger partial charge in [0.1, 0.15) is 0 Å². The van der Waals surface area contributed by atoms with E-state index in [4.69, 9.17) is 0 Å². The van der Waals surface area contributed by atoms with Gasteiger partial charge in [-0.1, -0.05) is 35.5 Å². The Bertz CT molecular complexity index is 1200. The van der Waals surface area contributed by atoms with Crippen LogP contribution in [0, 0.1) is 0 Å². The van der Waals surface area contributed by atoms with E-state index in [9.17, 15) is 18.0 Å². The number of benzene rings is 3. The van der Waals surface area contributed by atoms with Crippen LogP contribution < -0.4 is 4.90 Å². The van der Waals surface area contributed by atoms with Crippen molar-refractivity contribution in [1.82, 2.24) is 0 Å². The Morgan fingerprint density at radius 2 is 1.56 bits per heavy atom. The highest BCUT2D eigenvalue weighted by Crippen LogP contribution is 2.37. The Balaban J connectivity index is 1.40. The summed E-state index contributed by atoms with van der Waals surface area (Å²) in [5.74, 6) is -0.349. The van der Waals surface area contributed by atoms with E-state index in [1.54, 1.807) is 0 Å². The monoisotopic (exact) mass is 436 g/mol. The van der Waals surface area contributed by atoms with Gasteiger partial charge in [-0.3, -0.25) is 0 Å². The summed E-state index contributed by atoms with van der Waals surface area (Å²) in [4.78, 5) is 18.2. The molecule has 0 fully saturated rings. The zero-order valence-corrected chi connectivity index (χ0v) is 17.0. The first kappa shape index (κ1) is 20.3. The third-order valence-electron chi connectivity index (χ3n) is 5.83. The molecule has 3 aromatic carbocycles. The minimum absolute atomic E-state index is 0.179. The molecule has 32 heavy (non-hydrogen) atoms. The minimum atomic E-state index is -4.34. The molecule has 0 radical (unpaired) electrons. The van der Waals surface area contributed by atoms with Gasteiger partial charge in [0.05, 0.1) is 17.7 Å². The molecule has 5 rings (SSSR count). The van der Waals surface area contributed by atoms with Gasteiger partial charge in [0, 0.05) is 23.5 Å². The molecule has 2 aliphatic rings. The predicted molar refractivity (Wildman–Crippen MR) is 116 cm³/mol. The second-order valence-electron chi connectivity index (χ2n) is 7.90. The molecule has 2 heterocycles. The van der Waals surface area contributed by atoms with Crippen LogP contribution in [-0.4, -0.2) is 18.2 Å². The number of rotatable bonds is 3. The summed E-state index contributed by atoms with van der Waals surface area (Å²) >= 11 is 0. The number of halogens is 3. The first-order valence-corrected chi connectivity index (χ1v) is 10.3. The fourth-order valence-electron chi connectivity index (χ4n) is 4.19. The smallest absolute Gasteiger partial charge is 0.341 e. The molecule has 162 valence electrons. The summed E-state index contributed by atoms with van der Waals surface area (Å²) in [7, 11) is 0. The topological polar surface area (TPSA) is 41.9 Å². The highest BCUT2D eigenvalue weighted by Gasteiger charge is 2.30. The average Bonchev–Trinajstić information content (AvgIpc) is 3.24. The van der Waals surface area contributed by atoms with E-state index in [0.29, 0.717) is 5.71 Å². The van der Waals surface area contributed by atoms with Gasteiger partial charge in [-0.05, 0) is 65.9 Å². The SMILES string of the molecule is O=C1CC(c2ccc(N3CCCc4cc(-c5ccc(C(F)(F)F)cc5)ccc43)cc2)=NO1. The standard InChI is InChI=1S/C25H19F3N2O2/c26-25(27,28)20-8-3-16(4-9-20)18-7-12-23-19(14-18)2-1-13-30(23)21-10-5-17(6-11-21)22-15-24(31)32-29-22/h3-12,14H,1-2,13,15H2. The maximum Gasteiger partial charge on any atom is 0.416 e. The number of hydrogen-bond donors (Lipinski definition) is 0. The molecule has 0 aliphatic carbocycles. The molecule has 0 saturated carbocycles. The Kier molecular flexibility index (Phi) is 4.96. The molecule has 0 atom stereocenters. The Hall–Kier alpha value is -3.61.